The zero-order valence-corrected chi connectivity index (χ0v) is 13.0. The molecule has 0 aromatic heterocycles. The molecule has 2 saturated carbocycles. The molecule has 3 aliphatic rings. The Bertz CT molecular complexity index is 290. The van der Waals surface area contributed by atoms with Gasteiger partial charge >= 0.3 is 0 Å². The first-order valence-corrected chi connectivity index (χ1v) is 8.75. The summed E-state index contributed by atoms with van der Waals surface area (Å²) in [5, 5.41) is 3.93. The van der Waals surface area contributed by atoms with Crippen LogP contribution >= 0.6 is 0 Å². The van der Waals surface area contributed by atoms with Crippen molar-refractivity contribution in [2.45, 2.75) is 89.3 Å². The number of hydrogen-bond acceptors (Lipinski definition) is 2. The molecule has 3 fully saturated rings. The molecule has 1 saturated heterocycles. The normalized spacial score (nSPS) is 34.1. The minimum Gasteiger partial charge on any atom is -0.308 e. The lowest BCUT2D eigenvalue weighted by atomic mass is 9.88. The fourth-order valence-electron chi connectivity index (χ4n) is 4.94. The average Bonchev–Trinajstić information content (AvgIpc) is 3.10. The molecule has 3 rings (SSSR count). The van der Waals surface area contributed by atoms with Crippen molar-refractivity contribution < 1.29 is 0 Å². The maximum Gasteiger partial charge on any atom is 0.0309 e. The van der Waals surface area contributed by atoms with Crippen molar-refractivity contribution in [3.63, 3.8) is 0 Å². The Morgan fingerprint density at radius 3 is 2.47 bits per heavy atom. The largest absolute Gasteiger partial charge is 0.308 e. The molecule has 19 heavy (non-hydrogen) atoms. The molecule has 2 nitrogen and oxygen atoms in total. The van der Waals surface area contributed by atoms with Gasteiger partial charge in [-0.3, -0.25) is 4.90 Å². The van der Waals surface area contributed by atoms with Crippen LogP contribution in [0.2, 0.25) is 0 Å². The highest BCUT2D eigenvalue weighted by Crippen LogP contribution is 2.37. The lowest BCUT2D eigenvalue weighted by molar-refractivity contribution is 0.0257. The summed E-state index contributed by atoms with van der Waals surface area (Å²) in [5.41, 5.74) is 0.485. The van der Waals surface area contributed by atoms with Crippen molar-refractivity contribution in [2.24, 2.45) is 5.92 Å². The second kappa shape index (κ2) is 5.73. The zero-order valence-electron chi connectivity index (χ0n) is 13.0. The number of nitrogens with zero attached hydrogens (tertiary/aromatic N) is 1. The summed E-state index contributed by atoms with van der Waals surface area (Å²) in [6.45, 7) is 7.44. The van der Waals surface area contributed by atoms with Gasteiger partial charge in [-0.2, -0.15) is 0 Å². The summed E-state index contributed by atoms with van der Waals surface area (Å²) in [4.78, 5) is 2.90. The Kier molecular flexibility index (Phi) is 4.19. The highest BCUT2D eigenvalue weighted by molar-refractivity contribution is 5.02. The predicted octanol–water partition coefficient (Wildman–Crippen LogP) is 3.56. The Labute approximate surface area is 119 Å². The summed E-state index contributed by atoms with van der Waals surface area (Å²) < 4.78 is 0. The topological polar surface area (TPSA) is 15.3 Å². The van der Waals surface area contributed by atoms with Gasteiger partial charge in [0.15, 0.2) is 0 Å². The predicted molar refractivity (Wildman–Crippen MR) is 81.4 cm³/mol. The Balaban J connectivity index is 1.70. The summed E-state index contributed by atoms with van der Waals surface area (Å²) >= 11 is 0. The number of rotatable bonds is 3. The van der Waals surface area contributed by atoms with Crippen LogP contribution in [0.25, 0.3) is 0 Å². The van der Waals surface area contributed by atoms with Crippen LogP contribution in [0.15, 0.2) is 0 Å². The number of piperazine rings is 1. The van der Waals surface area contributed by atoms with Gasteiger partial charge in [0.2, 0.25) is 0 Å². The van der Waals surface area contributed by atoms with E-state index in [0.717, 1.165) is 18.0 Å². The standard InChI is InChI=1S/C17H32N2/c1-3-16-12-18-17(10-6-7-11-17)13-19(16)14(2)15-8-4-5-9-15/h14-16,18H,3-13H2,1-2H3. The van der Waals surface area contributed by atoms with Crippen LogP contribution < -0.4 is 5.32 Å². The SMILES string of the molecule is CCC1CNC2(CCCC2)CN1C(C)C1CCCC1. The maximum absolute atomic E-state index is 3.93. The lowest BCUT2D eigenvalue weighted by Crippen LogP contribution is -2.65. The molecule has 1 spiro atoms. The third kappa shape index (κ3) is 2.71. The van der Waals surface area contributed by atoms with Crippen LogP contribution in [-0.4, -0.2) is 35.6 Å². The van der Waals surface area contributed by atoms with Gasteiger partial charge in [-0.05, 0) is 44.9 Å². The van der Waals surface area contributed by atoms with Crippen LogP contribution in [0.4, 0.5) is 0 Å². The number of nitrogens with one attached hydrogen (secondary N) is 1. The second-order valence-corrected chi connectivity index (χ2v) is 7.39. The lowest BCUT2D eigenvalue weighted by Gasteiger charge is -2.50. The molecular weight excluding hydrogens is 232 g/mol. The van der Waals surface area contributed by atoms with E-state index in [0.29, 0.717) is 5.54 Å². The second-order valence-electron chi connectivity index (χ2n) is 7.39. The first-order valence-electron chi connectivity index (χ1n) is 8.75. The fraction of sp³-hybridized carbons (Fsp3) is 1.00. The smallest absolute Gasteiger partial charge is 0.0309 e. The molecule has 0 aromatic carbocycles. The zero-order chi connectivity index (χ0) is 13.3. The fourth-order valence-corrected chi connectivity index (χ4v) is 4.94. The summed E-state index contributed by atoms with van der Waals surface area (Å²) in [6, 6.07) is 1.59. The van der Waals surface area contributed by atoms with E-state index in [9.17, 15) is 0 Å². The van der Waals surface area contributed by atoms with Crippen molar-refractivity contribution >= 4 is 0 Å². The molecule has 1 aliphatic heterocycles. The molecule has 2 aliphatic carbocycles. The van der Waals surface area contributed by atoms with Crippen LogP contribution in [0.1, 0.15) is 71.6 Å². The maximum atomic E-state index is 3.93. The number of hydrogen-bond donors (Lipinski definition) is 1. The van der Waals surface area contributed by atoms with Gasteiger partial charge in [0.25, 0.3) is 0 Å². The summed E-state index contributed by atoms with van der Waals surface area (Å²) in [6.07, 6.45) is 12.9. The van der Waals surface area contributed by atoms with E-state index in [-0.39, 0.29) is 0 Å². The molecule has 2 atom stereocenters. The van der Waals surface area contributed by atoms with Crippen LogP contribution in [0, 0.1) is 5.92 Å². The van der Waals surface area contributed by atoms with E-state index < -0.39 is 0 Å². The van der Waals surface area contributed by atoms with Crippen LogP contribution in [-0.2, 0) is 0 Å². The molecular formula is C17H32N2. The third-order valence-corrected chi connectivity index (χ3v) is 6.30. The Morgan fingerprint density at radius 1 is 1.16 bits per heavy atom. The van der Waals surface area contributed by atoms with Crippen molar-refractivity contribution in [1.29, 1.82) is 0 Å². The molecule has 0 bridgehead atoms. The van der Waals surface area contributed by atoms with Crippen molar-refractivity contribution in [1.82, 2.24) is 10.2 Å². The molecule has 0 aromatic rings. The highest BCUT2D eigenvalue weighted by Gasteiger charge is 2.43. The van der Waals surface area contributed by atoms with E-state index >= 15 is 0 Å². The van der Waals surface area contributed by atoms with E-state index in [1.807, 2.05) is 0 Å². The average molecular weight is 264 g/mol. The minimum atomic E-state index is 0.485. The van der Waals surface area contributed by atoms with Gasteiger partial charge in [-0.15, -0.1) is 0 Å². The van der Waals surface area contributed by atoms with E-state index in [4.69, 9.17) is 0 Å². The third-order valence-electron chi connectivity index (χ3n) is 6.30. The summed E-state index contributed by atoms with van der Waals surface area (Å²) in [7, 11) is 0. The molecule has 0 amide bonds. The van der Waals surface area contributed by atoms with Gasteiger partial charge < -0.3 is 5.32 Å². The molecule has 0 radical (unpaired) electrons. The molecule has 2 unspecified atom stereocenters. The van der Waals surface area contributed by atoms with Crippen molar-refractivity contribution in [3.8, 4) is 0 Å². The van der Waals surface area contributed by atoms with Crippen LogP contribution in [0.3, 0.4) is 0 Å². The van der Waals surface area contributed by atoms with Gasteiger partial charge in [-0.1, -0.05) is 32.6 Å². The van der Waals surface area contributed by atoms with Crippen molar-refractivity contribution in [3.05, 3.63) is 0 Å². The Morgan fingerprint density at radius 2 is 1.84 bits per heavy atom. The van der Waals surface area contributed by atoms with Gasteiger partial charge in [-0.25, -0.2) is 0 Å². The van der Waals surface area contributed by atoms with E-state index in [2.05, 4.69) is 24.1 Å². The van der Waals surface area contributed by atoms with Gasteiger partial charge in [0.1, 0.15) is 0 Å². The van der Waals surface area contributed by atoms with E-state index in [1.54, 1.807) is 0 Å². The molecule has 1 heterocycles. The molecule has 110 valence electrons. The highest BCUT2D eigenvalue weighted by atomic mass is 15.3. The molecule has 1 N–H and O–H groups in total. The van der Waals surface area contributed by atoms with Crippen molar-refractivity contribution in [2.75, 3.05) is 13.1 Å². The quantitative estimate of drug-likeness (QED) is 0.838. The van der Waals surface area contributed by atoms with Crippen LogP contribution in [0.5, 0.6) is 0 Å². The first-order chi connectivity index (χ1) is 9.24. The van der Waals surface area contributed by atoms with Gasteiger partial charge in [0, 0.05) is 30.7 Å². The van der Waals surface area contributed by atoms with E-state index in [1.165, 1.54) is 70.9 Å². The molecule has 2 heteroatoms. The Hall–Kier alpha value is -0.0800. The monoisotopic (exact) mass is 264 g/mol. The minimum absolute atomic E-state index is 0.485. The summed E-state index contributed by atoms with van der Waals surface area (Å²) in [5.74, 6) is 0.977. The van der Waals surface area contributed by atoms with Gasteiger partial charge in [0.05, 0.1) is 0 Å². The first kappa shape index (κ1) is 13.9.